The fourth-order valence-corrected chi connectivity index (χ4v) is 2.52. The number of hydrogen-bond donors (Lipinski definition) is 2. The second kappa shape index (κ2) is 7.40. The van der Waals surface area contributed by atoms with Gasteiger partial charge in [0.25, 0.3) is 0 Å². The SMILES string of the molecule is COCC(=O)N[C@H](C(=O)N1C[C@@H](C)[C@H](C(=O)O)C1)C(C)C. The molecule has 120 valence electrons. The number of hydrogen-bond acceptors (Lipinski definition) is 4. The van der Waals surface area contributed by atoms with Crippen molar-refractivity contribution in [1.29, 1.82) is 0 Å². The van der Waals surface area contributed by atoms with E-state index in [4.69, 9.17) is 9.84 Å². The molecule has 1 aliphatic heterocycles. The van der Waals surface area contributed by atoms with E-state index < -0.39 is 17.9 Å². The van der Waals surface area contributed by atoms with Gasteiger partial charge in [-0.05, 0) is 11.8 Å². The summed E-state index contributed by atoms with van der Waals surface area (Å²) in [5, 5.41) is 11.8. The van der Waals surface area contributed by atoms with Gasteiger partial charge in [0, 0.05) is 20.2 Å². The summed E-state index contributed by atoms with van der Waals surface area (Å²) in [5.41, 5.74) is 0. The van der Waals surface area contributed by atoms with Crippen molar-refractivity contribution in [3.63, 3.8) is 0 Å². The topological polar surface area (TPSA) is 95.9 Å². The molecule has 1 heterocycles. The molecule has 0 unspecified atom stereocenters. The first-order valence-electron chi connectivity index (χ1n) is 7.07. The minimum atomic E-state index is -0.887. The van der Waals surface area contributed by atoms with Gasteiger partial charge in [-0.25, -0.2) is 0 Å². The van der Waals surface area contributed by atoms with Gasteiger partial charge in [-0.15, -0.1) is 0 Å². The van der Waals surface area contributed by atoms with E-state index in [9.17, 15) is 14.4 Å². The van der Waals surface area contributed by atoms with Gasteiger partial charge in [0.2, 0.25) is 11.8 Å². The molecule has 0 spiro atoms. The predicted octanol–water partition coefficient (Wildman–Crippen LogP) is -0.0473. The Morgan fingerprint density at radius 1 is 1.33 bits per heavy atom. The van der Waals surface area contributed by atoms with Crippen molar-refractivity contribution in [3.05, 3.63) is 0 Å². The van der Waals surface area contributed by atoms with Crippen LogP contribution in [0, 0.1) is 17.8 Å². The molecule has 0 radical (unpaired) electrons. The lowest BCUT2D eigenvalue weighted by Crippen LogP contribution is -2.51. The van der Waals surface area contributed by atoms with Crippen LogP contribution in [0.3, 0.4) is 0 Å². The fourth-order valence-electron chi connectivity index (χ4n) is 2.52. The fraction of sp³-hybridized carbons (Fsp3) is 0.786. The number of nitrogens with one attached hydrogen (secondary N) is 1. The molecule has 2 N–H and O–H groups in total. The number of ether oxygens (including phenoxy) is 1. The van der Waals surface area contributed by atoms with Gasteiger partial charge in [0.05, 0.1) is 5.92 Å². The standard InChI is InChI=1S/C14H24N2O5/c1-8(2)12(15-11(17)7-21-4)13(18)16-5-9(3)10(6-16)14(19)20/h8-10,12H,5-7H2,1-4H3,(H,15,17)(H,19,20)/t9-,10-,12+/m1/s1. The number of amides is 2. The van der Waals surface area contributed by atoms with Gasteiger partial charge in [0.15, 0.2) is 0 Å². The van der Waals surface area contributed by atoms with Crippen molar-refractivity contribution >= 4 is 17.8 Å². The zero-order chi connectivity index (χ0) is 16.2. The normalized spacial score (nSPS) is 23.2. The van der Waals surface area contributed by atoms with E-state index >= 15 is 0 Å². The highest BCUT2D eigenvalue weighted by atomic mass is 16.5. The maximum absolute atomic E-state index is 12.5. The number of rotatable bonds is 6. The van der Waals surface area contributed by atoms with Crippen molar-refractivity contribution in [2.24, 2.45) is 17.8 Å². The van der Waals surface area contributed by atoms with Gasteiger partial charge in [0.1, 0.15) is 12.6 Å². The van der Waals surface area contributed by atoms with Crippen molar-refractivity contribution in [2.75, 3.05) is 26.8 Å². The number of methoxy groups -OCH3 is 1. The molecule has 7 heteroatoms. The van der Waals surface area contributed by atoms with Gasteiger partial charge >= 0.3 is 5.97 Å². The van der Waals surface area contributed by atoms with Gasteiger partial charge < -0.3 is 20.1 Å². The van der Waals surface area contributed by atoms with E-state index in [1.807, 2.05) is 20.8 Å². The average Bonchev–Trinajstić information content (AvgIpc) is 2.77. The van der Waals surface area contributed by atoms with Crippen molar-refractivity contribution in [3.8, 4) is 0 Å². The number of aliphatic carboxylic acids is 1. The molecule has 3 atom stereocenters. The summed E-state index contributed by atoms with van der Waals surface area (Å²) < 4.78 is 4.74. The van der Waals surface area contributed by atoms with Crippen LogP contribution in [0.25, 0.3) is 0 Å². The highest BCUT2D eigenvalue weighted by molar-refractivity contribution is 5.89. The Kier molecular flexibility index (Phi) is 6.14. The molecule has 0 saturated carbocycles. The summed E-state index contributed by atoms with van der Waals surface area (Å²) in [7, 11) is 1.41. The van der Waals surface area contributed by atoms with E-state index in [2.05, 4.69) is 5.32 Å². The number of likely N-dealkylation sites (tertiary alicyclic amines) is 1. The third kappa shape index (κ3) is 4.42. The molecular formula is C14H24N2O5. The zero-order valence-corrected chi connectivity index (χ0v) is 13.0. The van der Waals surface area contributed by atoms with Crippen LogP contribution in [0.2, 0.25) is 0 Å². The molecule has 0 bridgehead atoms. The number of carbonyl (C=O) groups excluding carboxylic acids is 2. The van der Waals surface area contributed by atoms with Crippen LogP contribution in [0.15, 0.2) is 0 Å². The third-order valence-electron chi connectivity index (χ3n) is 3.77. The molecule has 0 aromatic heterocycles. The first-order valence-corrected chi connectivity index (χ1v) is 7.07. The summed E-state index contributed by atoms with van der Waals surface area (Å²) in [4.78, 5) is 36.8. The average molecular weight is 300 g/mol. The van der Waals surface area contributed by atoms with Crippen molar-refractivity contribution < 1.29 is 24.2 Å². The lowest BCUT2D eigenvalue weighted by molar-refractivity contribution is -0.143. The lowest BCUT2D eigenvalue weighted by atomic mass is 9.99. The maximum atomic E-state index is 12.5. The minimum Gasteiger partial charge on any atom is -0.481 e. The van der Waals surface area contributed by atoms with E-state index in [-0.39, 0.29) is 36.8 Å². The predicted molar refractivity (Wildman–Crippen MR) is 75.5 cm³/mol. The van der Waals surface area contributed by atoms with Gasteiger partial charge in [-0.1, -0.05) is 20.8 Å². The third-order valence-corrected chi connectivity index (χ3v) is 3.77. The first kappa shape index (κ1) is 17.4. The molecule has 7 nitrogen and oxygen atoms in total. The second-order valence-corrected chi connectivity index (χ2v) is 5.89. The monoisotopic (exact) mass is 300 g/mol. The summed E-state index contributed by atoms with van der Waals surface area (Å²) in [5.74, 6) is -2.19. The van der Waals surface area contributed by atoms with E-state index in [1.165, 1.54) is 12.0 Å². The van der Waals surface area contributed by atoms with Gasteiger partial charge in [-0.3, -0.25) is 14.4 Å². The Morgan fingerprint density at radius 2 is 1.95 bits per heavy atom. The van der Waals surface area contributed by atoms with Crippen LogP contribution in [0.1, 0.15) is 20.8 Å². The minimum absolute atomic E-state index is 0.0857. The Balaban J connectivity index is 2.74. The molecule has 1 aliphatic rings. The highest BCUT2D eigenvalue weighted by Gasteiger charge is 2.39. The summed E-state index contributed by atoms with van der Waals surface area (Å²) in [6.45, 7) is 5.98. The van der Waals surface area contributed by atoms with Gasteiger partial charge in [-0.2, -0.15) is 0 Å². The molecule has 2 amide bonds. The molecule has 1 rings (SSSR count). The molecule has 21 heavy (non-hydrogen) atoms. The summed E-state index contributed by atoms with van der Waals surface area (Å²) >= 11 is 0. The van der Waals surface area contributed by atoms with E-state index in [0.29, 0.717) is 6.54 Å². The molecule has 1 saturated heterocycles. The quantitative estimate of drug-likeness (QED) is 0.717. The first-order chi connectivity index (χ1) is 9.77. The molecule has 0 aromatic carbocycles. The Labute approximate surface area is 124 Å². The van der Waals surface area contributed by atoms with E-state index in [0.717, 1.165) is 0 Å². The Morgan fingerprint density at radius 3 is 2.38 bits per heavy atom. The smallest absolute Gasteiger partial charge is 0.308 e. The Bertz CT molecular complexity index is 410. The largest absolute Gasteiger partial charge is 0.481 e. The maximum Gasteiger partial charge on any atom is 0.308 e. The number of nitrogens with zero attached hydrogens (tertiary/aromatic N) is 1. The number of carboxylic acids is 1. The summed E-state index contributed by atoms with van der Waals surface area (Å²) in [6.07, 6.45) is 0. The van der Waals surface area contributed by atoms with Crippen LogP contribution >= 0.6 is 0 Å². The molecule has 0 aromatic rings. The second-order valence-electron chi connectivity index (χ2n) is 5.89. The van der Waals surface area contributed by atoms with Crippen LogP contribution in [-0.4, -0.2) is 60.6 Å². The molecule has 1 fully saturated rings. The van der Waals surface area contributed by atoms with Crippen molar-refractivity contribution in [2.45, 2.75) is 26.8 Å². The number of carboxylic acid groups (broad SMARTS) is 1. The number of carbonyl (C=O) groups is 3. The van der Waals surface area contributed by atoms with E-state index in [1.54, 1.807) is 0 Å². The molecular weight excluding hydrogens is 276 g/mol. The summed E-state index contributed by atoms with van der Waals surface area (Å²) in [6, 6.07) is -0.660. The van der Waals surface area contributed by atoms with Crippen LogP contribution in [-0.2, 0) is 19.1 Å². The van der Waals surface area contributed by atoms with Crippen molar-refractivity contribution in [1.82, 2.24) is 10.2 Å². The lowest BCUT2D eigenvalue weighted by Gasteiger charge is -2.26. The zero-order valence-electron chi connectivity index (χ0n) is 13.0. The molecule has 0 aliphatic carbocycles. The van der Waals surface area contributed by atoms with Crippen LogP contribution < -0.4 is 5.32 Å². The van der Waals surface area contributed by atoms with Crippen LogP contribution in [0.4, 0.5) is 0 Å². The Hall–Kier alpha value is -1.63. The van der Waals surface area contributed by atoms with Crippen LogP contribution in [0.5, 0.6) is 0 Å². The highest BCUT2D eigenvalue weighted by Crippen LogP contribution is 2.24.